The zero-order valence-corrected chi connectivity index (χ0v) is 21.9. The van der Waals surface area contributed by atoms with Crippen molar-refractivity contribution in [2.75, 3.05) is 6.61 Å². The SMILES string of the molecule is C[C@H](Oc1ccc(Cl)cc1Cl)C(=O)N[C@H](Cc1ccccc1)C(=O)N/N=C\c1ccc(OCC(N)=O)cc1. The largest absolute Gasteiger partial charge is 0.484 e. The zero-order valence-electron chi connectivity index (χ0n) is 20.4. The summed E-state index contributed by atoms with van der Waals surface area (Å²) in [4.78, 5) is 36.7. The molecule has 11 heteroatoms. The average Bonchev–Trinajstić information content (AvgIpc) is 2.89. The van der Waals surface area contributed by atoms with Crippen LogP contribution in [-0.4, -0.2) is 42.7 Å². The van der Waals surface area contributed by atoms with Crippen LogP contribution in [0.2, 0.25) is 10.0 Å². The Balaban J connectivity index is 1.64. The Morgan fingerprint density at radius 1 is 1.00 bits per heavy atom. The first-order chi connectivity index (χ1) is 18.2. The van der Waals surface area contributed by atoms with E-state index >= 15 is 0 Å². The lowest BCUT2D eigenvalue weighted by Crippen LogP contribution is -2.50. The molecule has 0 fully saturated rings. The fraction of sp³-hybridized carbons (Fsp3) is 0.185. The van der Waals surface area contributed by atoms with Gasteiger partial charge in [0.1, 0.15) is 17.5 Å². The van der Waals surface area contributed by atoms with Crippen LogP contribution in [0.25, 0.3) is 0 Å². The maximum atomic E-state index is 13.0. The van der Waals surface area contributed by atoms with Gasteiger partial charge in [0.2, 0.25) is 0 Å². The maximum absolute atomic E-state index is 13.0. The summed E-state index contributed by atoms with van der Waals surface area (Å²) in [5, 5.41) is 7.42. The third-order valence-corrected chi connectivity index (χ3v) is 5.66. The lowest BCUT2D eigenvalue weighted by molar-refractivity contribution is -0.132. The molecule has 0 spiro atoms. The maximum Gasteiger partial charge on any atom is 0.262 e. The van der Waals surface area contributed by atoms with Crippen molar-refractivity contribution in [1.29, 1.82) is 0 Å². The topological polar surface area (TPSA) is 132 Å². The molecule has 0 radical (unpaired) electrons. The number of nitrogens with zero attached hydrogens (tertiary/aromatic N) is 1. The molecule has 9 nitrogen and oxygen atoms in total. The molecular weight excluding hydrogens is 531 g/mol. The smallest absolute Gasteiger partial charge is 0.262 e. The van der Waals surface area contributed by atoms with Gasteiger partial charge < -0.3 is 20.5 Å². The highest BCUT2D eigenvalue weighted by Crippen LogP contribution is 2.28. The second-order valence-corrected chi connectivity index (χ2v) is 8.99. The van der Waals surface area contributed by atoms with Crippen LogP contribution in [0, 0.1) is 0 Å². The summed E-state index contributed by atoms with van der Waals surface area (Å²) in [5.74, 6) is -0.852. The minimum absolute atomic E-state index is 0.228. The number of carbonyl (C=O) groups is 3. The first kappa shape index (κ1) is 28.5. The molecule has 4 N–H and O–H groups in total. The summed E-state index contributed by atoms with van der Waals surface area (Å²) in [5.41, 5.74) is 9.04. The second-order valence-electron chi connectivity index (χ2n) is 8.14. The van der Waals surface area contributed by atoms with Gasteiger partial charge in [0.15, 0.2) is 12.7 Å². The third-order valence-electron chi connectivity index (χ3n) is 5.13. The minimum Gasteiger partial charge on any atom is -0.484 e. The second kappa shape index (κ2) is 14.0. The van der Waals surface area contributed by atoms with E-state index in [-0.39, 0.29) is 18.1 Å². The summed E-state index contributed by atoms with van der Waals surface area (Å²) in [6, 6.07) is 19.6. The number of amides is 3. The molecule has 0 aliphatic heterocycles. The number of carbonyl (C=O) groups excluding carboxylic acids is 3. The predicted octanol–water partition coefficient (Wildman–Crippen LogP) is 3.50. The molecule has 0 aliphatic carbocycles. The molecule has 3 aromatic carbocycles. The molecule has 0 bridgehead atoms. The Kier molecular flexibility index (Phi) is 10.5. The summed E-state index contributed by atoms with van der Waals surface area (Å²) in [7, 11) is 0. The molecule has 0 heterocycles. The van der Waals surface area contributed by atoms with Crippen LogP contribution in [0.3, 0.4) is 0 Å². The van der Waals surface area contributed by atoms with E-state index in [0.29, 0.717) is 22.1 Å². The average molecular weight is 557 g/mol. The van der Waals surface area contributed by atoms with Gasteiger partial charge in [0.25, 0.3) is 17.7 Å². The van der Waals surface area contributed by atoms with Crippen molar-refractivity contribution in [3.63, 3.8) is 0 Å². The summed E-state index contributed by atoms with van der Waals surface area (Å²) in [6.45, 7) is 1.32. The van der Waals surface area contributed by atoms with Crippen LogP contribution in [0.1, 0.15) is 18.1 Å². The number of hydrazone groups is 1. The first-order valence-corrected chi connectivity index (χ1v) is 12.3. The van der Waals surface area contributed by atoms with Crippen molar-refractivity contribution in [2.45, 2.75) is 25.5 Å². The standard InChI is InChI=1S/C27H26Cl2N4O5/c1-17(38-24-12-9-20(28)14-22(24)29)26(35)32-23(13-18-5-3-2-4-6-18)27(36)33-31-15-19-7-10-21(11-8-19)37-16-25(30)34/h2-12,14-15,17,23H,13,16H2,1H3,(H2,30,34)(H,32,35)(H,33,36)/b31-15-/t17-,23+/m0/s1. The molecular formula is C27H26Cl2N4O5. The highest BCUT2D eigenvalue weighted by molar-refractivity contribution is 6.35. The number of nitrogens with two attached hydrogens (primary N) is 1. The number of nitrogens with one attached hydrogen (secondary N) is 2. The van der Waals surface area contributed by atoms with Gasteiger partial charge in [-0.2, -0.15) is 5.10 Å². The van der Waals surface area contributed by atoms with Crippen LogP contribution in [0.15, 0.2) is 77.9 Å². The van der Waals surface area contributed by atoms with E-state index in [9.17, 15) is 14.4 Å². The molecule has 38 heavy (non-hydrogen) atoms. The zero-order chi connectivity index (χ0) is 27.5. The lowest BCUT2D eigenvalue weighted by Gasteiger charge is -2.21. The Morgan fingerprint density at radius 3 is 2.37 bits per heavy atom. The van der Waals surface area contributed by atoms with Crippen molar-refractivity contribution in [3.8, 4) is 11.5 Å². The normalized spacial score (nSPS) is 12.4. The number of ether oxygens (including phenoxy) is 2. The van der Waals surface area contributed by atoms with E-state index < -0.39 is 29.9 Å². The van der Waals surface area contributed by atoms with Gasteiger partial charge in [0, 0.05) is 11.4 Å². The molecule has 3 rings (SSSR count). The summed E-state index contributed by atoms with van der Waals surface area (Å²) < 4.78 is 10.9. The highest BCUT2D eigenvalue weighted by atomic mass is 35.5. The molecule has 2 atom stereocenters. The quantitative estimate of drug-likeness (QED) is 0.232. The van der Waals surface area contributed by atoms with Crippen LogP contribution >= 0.6 is 23.2 Å². The van der Waals surface area contributed by atoms with E-state index in [1.807, 2.05) is 30.3 Å². The summed E-state index contributed by atoms with van der Waals surface area (Å²) >= 11 is 12.1. The highest BCUT2D eigenvalue weighted by Gasteiger charge is 2.25. The van der Waals surface area contributed by atoms with Crippen LogP contribution in [0.5, 0.6) is 11.5 Å². The number of rotatable bonds is 12. The van der Waals surface area contributed by atoms with Crippen molar-refractivity contribution < 1.29 is 23.9 Å². The number of hydrogen-bond acceptors (Lipinski definition) is 6. The van der Waals surface area contributed by atoms with Crippen molar-refractivity contribution in [1.82, 2.24) is 10.7 Å². The van der Waals surface area contributed by atoms with Gasteiger partial charge in [-0.1, -0.05) is 53.5 Å². The molecule has 3 amide bonds. The van der Waals surface area contributed by atoms with Crippen LogP contribution in [-0.2, 0) is 20.8 Å². The fourth-order valence-electron chi connectivity index (χ4n) is 3.22. The Bertz CT molecular complexity index is 1290. The first-order valence-electron chi connectivity index (χ1n) is 11.5. The summed E-state index contributed by atoms with van der Waals surface area (Å²) in [6.07, 6.45) is 0.721. The van der Waals surface area contributed by atoms with E-state index in [0.717, 1.165) is 5.56 Å². The minimum atomic E-state index is -0.946. The van der Waals surface area contributed by atoms with Crippen molar-refractivity contribution in [3.05, 3.63) is 94.0 Å². The van der Waals surface area contributed by atoms with Gasteiger partial charge in [-0.05, 0) is 60.5 Å². The predicted molar refractivity (Wildman–Crippen MR) is 145 cm³/mol. The fourth-order valence-corrected chi connectivity index (χ4v) is 3.67. The van der Waals surface area contributed by atoms with Gasteiger partial charge in [-0.15, -0.1) is 0 Å². The number of hydrogen-bond donors (Lipinski definition) is 3. The molecule has 198 valence electrons. The van der Waals surface area contributed by atoms with E-state index in [1.165, 1.54) is 12.3 Å². The number of benzene rings is 3. The number of primary amides is 1. The molecule has 0 aromatic heterocycles. The van der Waals surface area contributed by atoms with Gasteiger partial charge in [0.05, 0.1) is 11.2 Å². The molecule has 0 saturated heterocycles. The Hall–Kier alpha value is -4.08. The third kappa shape index (κ3) is 9.10. The van der Waals surface area contributed by atoms with Gasteiger partial charge in [-0.25, -0.2) is 5.43 Å². The van der Waals surface area contributed by atoms with Gasteiger partial charge >= 0.3 is 0 Å². The Morgan fingerprint density at radius 2 is 1.71 bits per heavy atom. The van der Waals surface area contributed by atoms with E-state index in [1.54, 1.807) is 43.3 Å². The van der Waals surface area contributed by atoms with Crippen molar-refractivity contribution >= 4 is 47.1 Å². The molecule has 0 saturated carbocycles. The monoisotopic (exact) mass is 556 g/mol. The van der Waals surface area contributed by atoms with Crippen molar-refractivity contribution in [2.24, 2.45) is 10.8 Å². The van der Waals surface area contributed by atoms with Crippen LogP contribution < -0.4 is 25.9 Å². The van der Waals surface area contributed by atoms with Gasteiger partial charge in [-0.3, -0.25) is 14.4 Å². The molecule has 3 aromatic rings. The Labute approximate surface area is 229 Å². The molecule has 0 aliphatic rings. The van der Waals surface area contributed by atoms with E-state index in [2.05, 4.69) is 15.8 Å². The lowest BCUT2D eigenvalue weighted by atomic mass is 10.1. The van der Waals surface area contributed by atoms with E-state index in [4.69, 9.17) is 38.4 Å². The molecule has 0 unspecified atom stereocenters. The van der Waals surface area contributed by atoms with Crippen LogP contribution in [0.4, 0.5) is 0 Å². The number of halogens is 2.